The molecule has 10 nitrogen and oxygen atoms in total. The first-order valence-electron chi connectivity index (χ1n) is 13.8. The van der Waals surface area contributed by atoms with Crippen LogP contribution in [0.4, 0.5) is 27.6 Å². The van der Waals surface area contributed by atoms with E-state index < -0.39 is 36.1 Å². The van der Waals surface area contributed by atoms with Crippen molar-refractivity contribution in [3.63, 3.8) is 0 Å². The number of methoxy groups -OCH3 is 1. The Bertz CT molecular complexity index is 1860. The molecule has 1 atom stereocenters. The van der Waals surface area contributed by atoms with Gasteiger partial charge in [-0.25, -0.2) is 9.48 Å². The highest BCUT2D eigenvalue weighted by Gasteiger charge is 2.44. The van der Waals surface area contributed by atoms with Crippen LogP contribution in [0.2, 0.25) is 0 Å². The lowest BCUT2D eigenvalue weighted by Crippen LogP contribution is -2.26. The molecule has 6 rings (SSSR count). The van der Waals surface area contributed by atoms with Crippen LogP contribution in [-0.2, 0) is 12.6 Å². The highest BCUT2D eigenvalue weighted by atomic mass is 19.4. The first kappa shape index (κ1) is 30.7. The van der Waals surface area contributed by atoms with Crippen molar-refractivity contribution in [3.8, 4) is 28.7 Å². The van der Waals surface area contributed by atoms with E-state index in [1.54, 1.807) is 0 Å². The third kappa shape index (κ3) is 5.63. The maximum atomic E-state index is 14.2. The van der Waals surface area contributed by atoms with E-state index in [0.29, 0.717) is 12.8 Å². The molecule has 15 heteroatoms. The summed E-state index contributed by atoms with van der Waals surface area (Å²) in [6.07, 6.45) is -8.78. The summed E-state index contributed by atoms with van der Waals surface area (Å²) in [7, 11) is 2.68. The van der Waals surface area contributed by atoms with Crippen LogP contribution in [0, 0.1) is 0 Å². The van der Waals surface area contributed by atoms with Crippen LogP contribution in [0.3, 0.4) is 0 Å². The molecule has 1 aliphatic carbocycles. The summed E-state index contributed by atoms with van der Waals surface area (Å²) in [4.78, 5) is 26.1. The Morgan fingerprint density at radius 3 is 2.54 bits per heavy atom. The van der Waals surface area contributed by atoms with E-state index in [1.165, 1.54) is 79.7 Å². The second-order valence-corrected chi connectivity index (χ2v) is 10.5. The topological polar surface area (TPSA) is 112 Å². The van der Waals surface area contributed by atoms with Crippen LogP contribution in [0.15, 0.2) is 60.7 Å². The first-order valence-corrected chi connectivity index (χ1v) is 13.8. The number of carboxylic acid groups (broad SMARTS) is 1. The van der Waals surface area contributed by atoms with Crippen molar-refractivity contribution in [1.29, 1.82) is 0 Å². The van der Waals surface area contributed by atoms with E-state index in [9.17, 15) is 36.6 Å². The summed E-state index contributed by atoms with van der Waals surface area (Å²) in [5.74, 6) is -2.10. The molecule has 1 N–H and O–H groups in total. The molecular formula is C31H24F5N3O7. The Labute approximate surface area is 257 Å². The third-order valence-electron chi connectivity index (χ3n) is 7.59. The number of rotatable bonds is 7. The average molecular weight is 646 g/mol. The molecule has 0 fully saturated rings. The Hall–Kier alpha value is -5.34. The molecule has 240 valence electrons. The number of carboxylic acids is 1. The van der Waals surface area contributed by atoms with Crippen LogP contribution >= 0.6 is 0 Å². The number of benzene rings is 3. The van der Waals surface area contributed by atoms with Crippen LogP contribution in [0.25, 0.3) is 5.69 Å². The summed E-state index contributed by atoms with van der Waals surface area (Å²) in [5, 5.41) is 13.3. The van der Waals surface area contributed by atoms with E-state index in [-0.39, 0.29) is 63.2 Å². The van der Waals surface area contributed by atoms with Crippen molar-refractivity contribution in [1.82, 2.24) is 9.78 Å². The van der Waals surface area contributed by atoms with Gasteiger partial charge >= 0.3 is 18.4 Å². The van der Waals surface area contributed by atoms with Crippen LogP contribution in [0.1, 0.15) is 56.6 Å². The minimum absolute atomic E-state index is 0.0111. The van der Waals surface area contributed by atoms with Crippen molar-refractivity contribution >= 4 is 17.6 Å². The van der Waals surface area contributed by atoms with Gasteiger partial charge in [-0.1, -0.05) is 6.07 Å². The van der Waals surface area contributed by atoms with Gasteiger partial charge in [-0.05, 0) is 61.7 Å². The van der Waals surface area contributed by atoms with Gasteiger partial charge in [0.1, 0.15) is 23.2 Å². The van der Waals surface area contributed by atoms with E-state index in [4.69, 9.17) is 9.47 Å². The van der Waals surface area contributed by atoms with E-state index in [0.717, 1.165) is 4.68 Å². The van der Waals surface area contributed by atoms with Gasteiger partial charge in [0, 0.05) is 36.0 Å². The summed E-state index contributed by atoms with van der Waals surface area (Å²) in [5.41, 5.74) is -0.703. The van der Waals surface area contributed by atoms with Crippen molar-refractivity contribution in [2.24, 2.45) is 0 Å². The number of carbonyl (C=O) groups excluding carboxylic acids is 1. The van der Waals surface area contributed by atoms with Gasteiger partial charge in [0.15, 0.2) is 17.2 Å². The fourth-order valence-corrected chi connectivity index (χ4v) is 5.49. The molecular weight excluding hydrogens is 621 g/mol. The number of anilines is 1. The molecule has 1 unspecified atom stereocenters. The molecule has 46 heavy (non-hydrogen) atoms. The molecule has 1 amide bonds. The van der Waals surface area contributed by atoms with Gasteiger partial charge in [0.25, 0.3) is 5.91 Å². The number of halogens is 5. The maximum absolute atomic E-state index is 14.2. The summed E-state index contributed by atoms with van der Waals surface area (Å²) in [6, 6.07) is 13.6. The Kier molecular flexibility index (Phi) is 7.49. The molecule has 1 aromatic heterocycles. The summed E-state index contributed by atoms with van der Waals surface area (Å²) >= 11 is 0. The molecule has 2 aliphatic rings. The van der Waals surface area contributed by atoms with Crippen molar-refractivity contribution < 1.29 is 55.6 Å². The Morgan fingerprint density at radius 2 is 1.83 bits per heavy atom. The fraction of sp³-hybridized carbons (Fsp3) is 0.258. The molecule has 4 aromatic rings. The molecule has 0 bridgehead atoms. The number of nitrogens with zero attached hydrogens (tertiary/aromatic N) is 3. The molecule has 3 aromatic carbocycles. The highest BCUT2D eigenvalue weighted by Crippen LogP contribution is 2.44. The zero-order valence-electron chi connectivity index (χ0n) is 24.1. The van der Waals surface area contributed by atoms with Gasteiger partial charge < -0.3 is 29.0 Å². The minimum atomic E-state index is -4.78. The first-order chi connectivity index (χ1) is 21.8. The maximum Gasteiger partial charge on any atom is 0.586 e. The lowest BCUT2D eigenvalue weighted by molar-refractivity contribution is -0.286. The largest absolute Gasteiger partial charge is 0.586 e. The van der Waals surface area contributed by atoms with Crippen LogP contribution in [0.5, 0.6) is 23.0 Å². The van der Waals surface area contributed by atoms with Crippen molar-refractivity contribution in [2.45, 2.75) is 37.8 Å². The molecule has 0 spiro atoms. The number of amides is 1. The van der Waals surface area contributed by atoms with E-state index in [2.05, 4.69) is 14.6 Å². The Balaban J connectivity index is 1.36. The Morgan fingerprint density at radius 1 is 1.07 bits per heavy atom. The molecule has 0 saturated heterocycles. The van der Waals surface area contributed by atoms with Gasteiger partial charge in [0.05, 0.1) is 18.5 Å². The monoisotopic (exact) mass is 645 g/mol. The van der Waals surface area contributed by atoms with Gasteiger partial charge in [-0.2, -0.15) is 18.3 Å². The summed E-state index contributed by atoms with van der Waals surface area (Å²) < 4.78 is 90.8. The number of ether oxygens (including phenoxy) is 4. The standard InChI is InChI=1S/C31H24F5N3O7/c1-38(17-9-12-22-25(14-17)46-31(35,36)45-22)28(40)16-5-3-6-18(13-16)39-26-21(27(37-39)30(32,33)34)7-4-8-23(26)44-19-10-11-20(29(41)42)24(15-19)43-2/h3,5-6,9-15,23H,4,7-8H2,1-2H3,(H,41,42). The zero-order chi connectivity index (χ0) is 33.0. The lowest BCUT2D eigenvalue weighted by atomic mass is 9.92. The van der Waals surface area contributed by atoms with Crippen LogP contribution in [-0.4, -0.2) is 47.2 Å². The van der Waals surface area contributed by atoms with Gasteiger partial charge in [-0.15, -0.1) is 8.78 Å². The predicted octanol–water partition coefficient (Wildman–Crippen LogP) is 6.65. The summed E-state index contributed by atoms with van der Waals surface area (Å²) in [6.45, 7) is 0. The molecule has 0 radical (unpaired) electrons. The molecule has 1 aliphatic heterocycles. The number of alkyl halides is 5. The lowest BCUT2D eigenvalue weighted by Gasteiger charge is -2.26. The fourth-order valence-electron chi connectivity index (χ4n) is 5.49. The molecule has 0 saturated carbocycles. The van der Waals surface area contributed by atoms with E-state index >= 15 is 0 Å². The quantitative estimate of drug-likeness (QED) is 0.223. The third-order valence-corrected chi connectivity index (χ3v) is 7.59. The normalized spacial score (nSPS) is 16.5. The number of hydrogen-bond acceptors (Lipinski definition) is 7. The number of hydrogen-bond donors (Lipinski definition) is 1. The van der Waals surface area contributed by atoms with Gasteiger partial charge in [-0.3, -0.25) is 4.79 Å². The smallest absolute Gasteiger partial charge is 0.496 e. The van der Waals surface area contributed by atoms with Crippen molar-refractivity contribution in [3.05, 3.63) is 88.7 Å². The zero-order valence-corrected chi connectivity index (χ0v) is 24.1. The van der Waals surface area contributed by atoms with Gasteiger partial charge in [0.2, 0.25) is 0 Å². The highest BCUT2D eigenvalue weighted by molar-refractivity contribution is 6.06. The number of fused-ring (bicyclic) bond motifs is 2. The second kappa shape index (κ2) is 11.2. The van der Waals surface area contributed by atoms with Crippen LogP contribution < -0.4 is 23.8 Å². The minimum Gasteiger partial charge on any atom is -0.496 e. The molecule has 2 heterocycles. The number of aromatic nitrogens is 2. The SMILES string of the molecule is COc1cc(OC2CCCc3c(C(F)(F)F)nn(-c4cccc(C(=O)N(C)c5ccc6c(c5)OC(F)(F)O6)c4)c32)ccc1C(=O)O. The number of aromatic carboxylic acids is 1. The van der Waals surface area contributed by atoms with E-state index in [1.807, 2.05) is 0 Å². The van der Waals surface area contributed by atoms with Crippen molar-refractivity contribution in [2.75, 3.05) is 19.1 Å². The predicted molar refractivity (Wildman–Crippen MR) is 150 cm³/mol. The average Bonchev–Trinajstić information content (AvgIpc) is 3.57. The second-order valence-electron chi connectivity index (χ2n) is 10.5. The number of carbonyl (C=O) groups is 2.